The minimum absolute atomic E-state index is 0.126. The minimum Gasteiger partial charge on any atom is -0.506 e. The van der Waals surface area contributed by atoms with Crippen LogP contribution in [0.2, 0.25) is 5.02 Å². The predicted octanol–water partition coefficient (Wildman–Crippen LogP) is 4.47. The number of benzene rings is 2. The van der Waals surface area contributed by atoms with Crippen molar-refractivity contribution in [3.63, 3.8) is 0 Å². The maximum Gasteiger partial charge on any atom is 0.271 e. The zero-order chi connectivity index (χ0) is 16.3. The van der Waals surface area contributed by atoms with Crippen molar-refractivity contribution in [2.24, 2.45) is 5.10 Å². The van der Waals surface area contributed by atoms with E-state index in [0.717, 1.165) is 5.56 Å². The molecule has 0 aliphatic carbocycles. The number of rotatable bonds is 4. The van der Waals surface area contributed by atoms with Crippen LogP contribution in [-0.2, 0) is 0 Å². The lowest BCUT2D eigenvalue weighted by atomic mass is 10.2. The van der Waals surface area contributed by atoms with E-state index in [0.29, 0.717) is 10.7 Å². The van der Waals surface area contributed by atoms with E-state index in [1.54, 1.807) is 18.2 Å². The fraction of sp³-hybridized carbons (Fsp3) is 0.0714. The first kappa shape index (κ1) is 16.3. The van der Waals surface area contributed by atoms with E-state index in [-0.39, 0.29) is 21.5 Å². The van der Waals surface area contributed by atoms with Crippen LogP contribution >= 0.6 is 27.5 Å². The summed E-state index contributed by atoms with van der Waals surface area (Å²) in [7, 11) is 0. The molecule has 0 saturated carbocycles. The van der Waals surface area contributed by atoms with Crippen molar-refractivity contribution in [3.8, 4) is 5.75 Å². The van der Waals surface area contributed by atoms with Gasteiger partial charge < -0.3 is 5.11 Å². The Kier molecular flexibility index (Phi) is 4.99. The van der Waals surface area contributed by atoms with Crippen LogP contribution in [0.4, 0.5) is 11.4 Å². The molecule has 0 amide bonds. The summed E-state index contributed by atoms with van der Waals surface area (Å²) < 4.78 is 0.224. The highest BCUT2D eigenvalue weighted by molar-refractivity contribution is 9.10. The third-order valence-corrected chi connectivity index (χ3v) is 3.96. The Morgan fingerprint density at radius 2 is 2.18 bits per heavy atom. The third-order valence-electron chi connectivity index (χ3n) is 2.94. The molecule has 2 N–H and O–H groups in total. The van der Waals surface area contributed by atoms with E-state index in [9.17, 15) is 15.2 Å². The van der Waals surface area contributed by atoms with Crippen LogP contribution in [0.25, 0.3) is 0 Å². The molecule has 2 rings (SSSR count). The van der Waals surface area contributed by atoms with Crippen LogP contribution in [0.5, 0.6) is 5.75 Å². The monoisotopic (exact) mass is 383 g/mol. The van der Waals surface area contributed by atoms with Crippen molar-refractivity contribution in [2.75, 3.05) is 5.43 Å². The van der Waals surface area contributed by atoms with Crippen LogP contribution in [0.15, 0.2) is 39.9 Å². The highest BCUT2D eigenvalue weighted by Crippen LogP contribution is 2.31. The molecule has 114 valence electrons. The van der Waals surface area contributed by atoms with E-state index < -0.39 is 4.92 Å². The van der Waals surface area contributed by atoms with Gasteiger partial charge >= 0.3 is 0 Å². The first-order valence-electron chi connectivity index (χ1n) is 6.11. The van der Waals surface area contributed by atoms with Crippen molar-refractivity contribution in [2.45, 2.75) is 6.92 Å². The van der Waals surface area contributed by atoms with Gasteiger partial charge in [-0.3, -0.25) is 15.5 Å². The van der Waals surface area contributed by atoms with Crippen LogP contribution in [0.3, 0.4) is 0 Å². The number of nitrogens with zero attached hydrogens (tertiary/aromatic N) is 2. The highest BCUT2D eigenvalue weighted by atomic mass is 79.9. The summed E-state index contributed by atoms with van der Waals surface area (Å²) in [4.78, 5) is 10.3. The van der Waals surface area contributed by atoms with Gasteiger partial charge in [0.05, 0.1) is 21.3 Å². The lowest BCUT2D eigenvalue weighted by Gasteiger charge is -2.06. The van der Waals surface area contributed by atoms with Crippen molar-refractivity contribution in [1.82, 2.24) is 0 Å². The fourth-order valence-electron chi connectivity index (χ4n) is 1.71. The van der Waals surface area contributed by atoms with Crippen molar-refractivity contribution in [3.05, 3.63) is 61.1 Å². The Bertz CT molecular complexity index is 765. The Balaban J connectivity index is 2.27. The van der Waals surface area contributed by atoms with E-state index in [2.05, 4.69) is 26.5 Å². The second kappa shape index (κ2) is 6.76. The normalized spacial score (nSPS) is 10.9. The summed E-state index contributed by atoms with van der Waals surface area (Å²) in [5.41, 5.74) is 4.38. The van der Waals surface area contributed by atoms with Gasteiger partial charge in [-0.1, -0.05) is 17.7 Å². The number of phenolic OH excluding ortho intramolecular Hbond substituents is 1. The summed E-state index contributed by atoms with van der Waals surface area (Å²) in [6.45, 7) is 1.83. The van der Waals surface area contributed by atoms with Crippen molar-refractivity contribution < 1.29 is 10.0 Å². The smallest absolute Gasteiger partial charge is 0.271 e. The SMILES string of the molecule is Cc1c(Cl)cccc1NN=Cc1cc([N+](=O)[O-])cc(Br)c1O. The molecule has 2 aromatic rings. The molecule has 0 fully saturated rings. The number of halogens is 2. The number of hydrogen-bond acceptors (Lipinski definition) is 5. The Morgan fingerprint density at radius 1 is 1.45 bits per heavy atom. The van der Waals surface area contributed by atoms with Gasteiger partial charge in [0.15, 0.2) is 0 Å². The Labute approximate surface area is 139 Å². The van der Waals surface area contributed by atoms with Crippen molar-refractivity contribution >= 4 is 45.1 Å². The molecule has 8 heteroatoms. The molecule has 0 atom stereocenters. The van der Waals surface area contributed by atoms with Gasteiger partial charge in [0.25, 0.3) is 5.69 Å². The summed E-state index contributed by atoms with van der Waals surface area (Å²) in [6, 6.07) is 7.78. The van der Waals surface area contributed by atoms with E-state index in [1.807, 2.05) is 6.92 Å². The summed E-state index contributed by atoms with van der Waals surface area (Å²) in [5, 5.41) is 25.3. The number of nitro benzene ring substituents is 1. The molecule has 0 radical (unpaired) electrons. The average molecular weight is 385 g/mol. The fourth-order valence-corrected chi connectivity index (χ4v) is 2.35. The molecule has 6 nitrogen and oxygen atoms in total. The van der Waals surface area contributed by atoms with Crippen LogP contribution in [-0.4, -0.2) is 16.2 Å². The number of aromatic hydroxyl groups is 1. The predicted molar refractivity (Wildman–Crippen MR) is 89.9 cm³/mol. The standard InChI is InChI=1S/C14H11BrClN3O3/c1-8-12(16)3-2-4-13(8)18-17-7-9-5-10(19(21)22)6-11(15)14(9)20/h2-7,18,20H,1H3. The first-order chi connectivity index (χ1) is 10.4. The second-order valence-corrected chi connectivity index (χ2v) is 5.67. The molecule has 0 unspecified atom stereocenters. The topological polar surface area (TPSA) is 87.8 Å². The Morgan fingerprint density at radius 3 is 2.86 bits per heavy atom. The highest BCUT2D eigenvalue weighted by Gasteiger charge is 2.13. The molecule has 0 aliphatic heterocycles. The number of anilines is 1. The summed E-state index contributed by atoms with van der Waals surface area (Å²) in [5.74, 6) is -0.126. The molecule has 0 heterocycles. The molecule has 22 heavy (non-hydrogen) atoms. The molecular formula is C14H11BrClN3O3. The van der Waals surface area contributed by atoms with Gasteiger partial charge in [0, 0.05) is 22.7 Å². The minimum atomic E-state index is -0.546. The molecular weight excluding hydrogens is 374 g/mol. The number of hydrazone groups is 1. The van der Waals surface area contributed by atoms with Crippen LogP contribution < -0.4 is 5.43 Å². The lowest BCUT2D eigenvalue weighted by Crippen LogP contribution is -1.95. The van der Waals surface area contributed by atoms with Gasteiger partial charge in [-0.15, -0.1) is 0 Å². The summed E-state index contributed by atoms with van der Waals surface area (Å²) >= 11 is 9.07. The maximum atomic E-state index is 10.8. The van der Waals surface area contributed by atoms with Crippen LogP contribution in [0, 0.1) is 17.0 Å². The van der Waals surface area contributed by atoms with Crippen LogP contribution in [0.1, 0.15) is 11.1 Å². The number of nitro groups is 1. The van der Waals surface area contributed by atoms with Gasteiger partial charge in [-0.05, 0) is 40.5 Å². The zero-order valence-electron chi connectivity index (χ0n) is 11.4. The number of nitrogens with one attached hydrogen (secondary N) is 1. The Hall–Kier alpha value is -2.12. The van der Waals surface area contributed by atoms with Gasteiger partial charge in [0.1, 0.15) is 5.75 Å². The molecule has 0 bridgehead atoms. The second-order valence-electron chi connectivity index (χ2n) is 4.40. The number of phenols is 1. The largest absolute Gasteiger partial charge is 0.506 e. The van der Waals surface area contributed by atoms with E-state index in [4.69, 9.17) is 11.6 Å². The average Bonchev–Trinajstić information content (AvgIpc) is 2.47. The molecule has 0 aromatic heterocycles. The van der Waals surface area contributed by atoms with Gasteiger partial charge in [-0.2, -0.15) is 5.10 Å². The molecule has 0 spiro atoms. The summed E-state index contributed by atoms with van der Waals surface area (Å²) in [6.07, 6.45) is 1.30. The zero-order valence-corrected chi connectivity index (χ0v) is 13.7. The van der Waals surface area contributed by atoms with Crippen molar-refractivity contribution in [1.29, 1.82) is 0 Å². The molecule has 0 saturated heterocycles. The van der Waals surface area contributed by atoms with Gasteiger partial charge in [0.2, 0.25) is 0 Å². The molecule has 2 aromatic carbocycles. The van der Waals surface area contributed by atoms with Gasteiger partial charge in [-0.25, -0.2) is 0 Å². The maximum absolute atomic E-state index is 10.8. The lowest BCUT2D eigenvalue weighted by molar-refractivity contribution is -0.385. The molecule has 0 aliphatic rings. The number of non-ortho nitro benzene ring substituents is 1. The third kappa shape index (κ3) is 3.55. The first-order valence-corrected chi connectivity index (χ1v) is 7.28. The van der Waals surface area contributed by atoms with E-state index in [1.165, 1.54) is 18.3 Å². The van der Waals surface area contributed by atoms with E-state index >= 15 is 0 Å². The number of hydrogen-bond donors (Lipinski definition) is 2. The quantitative estimate of drug-likeness (QED) is 0.462.